The largest absolute Gasteiger partial charge is 0.381 e. The molecule has 1 saturated heterocycles. The van der Waals surface area contributed by atoms with Crippen LogP contribution < -0.4 is 11.1 Å². The second kappa shape index (κ2) is 8.56. The van der Waals surface area contributed by atoms with Crippen molar-refractivity contribution in [1.29, 1.82) is 0 Å². The lowest BCUT2D eigenvalue weighted by Crippen LogP contribution is -2.50. The first-order valence-electron chi connectivity index (χ1n) is 9.45. The topological polar surface area (TPSA) is 64.4 Å². The van der Waals surface area contributed by atoms with Crippen molar-refractivity contribution in [2.24, 2.45) is 11.7 Å². The fourth-order valence-electron chi connectivity index (χ4n) is 3.85. The maximum Gasteiger partial charge on any atom is 0.237 e. The van der Waals surface area contributed by atoms with Crippen LogP contribution in [0, 0.1) is 12.8 Å². The number of benzene rings is 1. The molecule has 4 nitrogen and oxygen atoms in total. The maximum absolute atomic E-state index is 12.6. The van der Waals surface area contributed by atoms with Gasteiger partial charge in [-0.15, -0.1) is 11.8 Å². The zero-order valence-electron chi connectivity index (χ0n) is 15.1. The molecular formula is C20H30N2O2S. The summed E-state index contributed by atoms with van der Waals surface area (Å²) in [4.78, 5) is 13.8. The van der Waals surface area contributed by atoms with E-state index in [-0.39, 0.29) is 16.6 Å². The Morgan fingerprint density at radius 1 is 1.28 bits per heavy atom. The van der Waals surface area contributed by atoms with E-state index in [1.807, 2.05) is 11.8 Å². The molecule has 1 atom stereocenters. The molecule has 3 rings (SSSR count). The van der Waals surface area contributed by atoms with Crippen LogP contribution in [0.15, 0.2) is 29.2 Å². The third-order valence-electron chi connectivity index (χ3n) is 5.53. The highest BCUT2D eigenvalue weighted by Gasteiger charge is 2.36. The Balaban J connectivity index is 1.57. The molecule has 1 aliphatic carbocycles. The number of carbonyl (C=O) groups is 1. The van der Waals surface area contributed by atoms with E-state index in [1.165, 1.54) is 23.3 Å². The summed E-state index contributed by atoms with van der Waals surface area (Å²) >= 11 is 1.92. The van der Waals surface area contributed by atoms with Crippen molar-refractivity contribution in [2.75, 3.05) is 19.8 Å². The number of hydrogen-bond donors (Lipinski definition) is 2. The van der Waals surface area contributed by atoms with Gasteiger partial charge in [0.2, 0.25) is 5.91 Å². The highest BCUT2D eigenvalue weighted by molar-refractivity contribution is 8.00. The Morgan fingerprint density at radius 2 is 1.92 bits per heavy atom. The first kappa shape index (κ1) is 18.7. The lowest BCUT2D eigenvalue weighted by atomic mass is 9.91. The van der Waals surface area contributed by atoms with Gasteiger partial charge in [0.1, 0.15) is 0 Å². The summed E-state index contributed by atoms with van der Waals surface area (Å²) < 4.78 is 5.48. The molecule has 1 aromatic rings. The van der Waals surface area contributed by atoms with Crippen molar-refractivity contribution in [3.05, 3.63) is 29.8 Å². The minimum absolute atomic E-state index is 0.00248. The van der Waals surface area contributed by atoms with E-state index in [0.29, 0.717) is 6.54 Å². The van der Waals surface area contributed by atoms with Crippen LogP contribution in [0.2, 0.25) is 0 Å². The minimum atomic E-state index is -0.410. The van der Waals surface area contributed by atoms with E-state index in [0.717, 1.165) is 38.9 Å². The fourth-order valence-corrected chi connectivity index (χ4v) is 5.25. The molecule has 0 aromatic heterocycles. The third-order valence-corrected chi connectivity index (χ3v) is 7.02. The van der Waals surface area contributed by atoms with E-state index in [4.69, 9.17) is 10.5 Å². The van der Waals surface area contributed by atoms with Crippen LogP contribution in [0.25, 0.3) is 0 Å². The van der Waals surface area contributed by atoms with Gasteiger partial charge < -0.3 is 15.8 Å². The summed E-state index contributed by atoms with van der Waals surface area (Å²) in [6.45, 7) is 4.26. The highest BCUT2D eigenvalue weighted by Crippen LogP contribution is 2.44. The van der Waals surface area contributed by atoms with Crippen LogP contribution in [0.4, 0.5) is 0 Å². The van der Waals surface area contributed by atoms with Gasteiger partial charge in [-0.25, -0.2) is 0 Å². The molecule has 1 heterocycles. The summed E-state index contributed by atoms with van der Waals surface area (Å²) in [6.07, 6.45) is 6.55. The number of thioether (sulfide) groups is 1. The number of hydrogen-bond acceptors (Lipinski definition) is 4. The number of carbonyl (C=O) groups excluding carboxylic acids is 1. The number of ether oxygens (including phenoxy) is 1. The molecule has 1 unspecified atom stereocenters. The molecule has 1 aliphatic heterocycles. The van der Waals surface area contributed by atoms with Gasteiger partial charge in [-0.2, -0.15) is 0 Å². The molecule has 138 valence electrons. The molecule has 0 radical (unpaired) electrons. The predicted octanol–water partition coefficient (Wildman–Crippen LogP) is 3.27. The van der Waals surface area contributed by atoms with Gasteiger partial charge in [-0.05, 0) is 50.7 Å². The smallest absolute Gasteiger partial charge is 0.237 e. The molecule has 1 aromatic carbocycles. The maximum atomic E-state index is 12.6. The van der Waals surface area contributed by atoms with Gasteiger partial charge >= 0.3 is 0 Å². The van der Waals surface area contributed by atoms with Crippen LogP contribution in [-0.4, -0.2) is 36.5 Å². The number of aryl methyl sites for hydroxylation is 1. The summed E-state index contributed by atoms with van der Waals surface area (Å²) in [7, 11) is 0. The average molecular weight is 363 g/mol. The van der Waals surface area contributed by atoms with Gasteiger partial charge in [-0.1, -0.05) is 30.5 Å². The molecule has 1 saturated carbocycles. The number of nitrogens with one attached hydrogen (secondary N) is 1. The first-order chi connectivity index (χ1) is 12.1. The number of amides is 1. The van der Waals surface area contributed by atoms with E-state index in [9.17, 15) is 4.79 Å². The molecule has 0 bridgehead atoms. The van der Waals surface area contributed by atoms with Crippen molar-refractivity contribution >= 4 is 17.7 Å². The van der Waals surface area contributed by atoms with Crippen molar-refractivity contribution < 1.29 is 9.53 Å². The highest BCUT2D eigenvalue weighted by atomic mass is 32.2. The Hall–Kier alpha value is -1.04. The quantitative estimate of drug-likeness (QED) is 0.815. The summed E-state index contributed by atoms with van der Waals surface area (Å²) in [5.74, 6) is 0.251. The van der Waals surface area contributed by atoms with Gasteiger partial charge in [0, 0.05) is 29.4 Å². The van der Waals surface area contributed by atoms with E-state index in [1.54, 1.807) is 0 Å². The average Bonchev–Trinajstić information content (AvgIpc) is 3.10. The molecule has 2 aliphatic rings. The second-order valence-corrected chi connectivity index (χ2v) is 9.04. The molecule has 1 amide bonds. The van der Waals surface area contributed by atoms with Crippen LogP contribution in [0.3, 0.4) is 0 Å². The third kappa shape index (κ3) is 4.99. The standard InChI is InChI=1S/C20H30N2O2S/c1-15-4-6-17(7-5-15)25-20(10-2-3-11-20)14-22-19(23)18(21)16-8-12-24-13-9-16/h4-7,16,18H,2-3,8-14,21H2,1H3,(H,22,23). The van der Waals surface area contributed by atoms with Gasteiger partial charge in [0.15, 0.2) is 0 Å². The molecule has 25 heavy (non-hydrogen) atoms. The van der Waals surface area contributed by atoms with Crippen molar-refractivity contribution in [3.8, 4) is 0 Å². The summed E-state index contributed by atoms with van der Waals surface area (Å²) in [5, 5.41) is 3.17. The Bertz CT molecular complexity index is 564. The number of nitrogens with two attached hydrogens (primary N) is 1. The van der Waals surface area contributed by atoms with Crippen LogP contribution in [0.5, 0.6) is 0 Å². The molecule has 5 heteroatoms. The lowest BCUT2D eigenvalue weighted by molar-refractivity contribution is -0.124. The number of rotatable bonds is 6. The molecule has 2 fully saturated rings. The van der Waals surface area contributed by atoms with Gasteiger partial charge in [0.05, 0.1) is 6.04 Å². The van der Waals surface area contributed by atoms with Crippen LogP contribution >= 0.6 is 11.8 Å². The summed E-state index contributed by atoms with van der Waals surface area (Å²) in [5.41, 5.74) is 7.49. The zero-order chi connectivity index (χ0) is 17.7. The predicted molar refractivity (Wildman–Crippen MR) is 103 cm³/mol. The second-order valence-electron chi connectivity index (χ2n) is 7.50. The van der Waals surface area contributed by atoms with Gasteiger partial charge in [-0.3, -0.25) is 4.79 Å². The Morgan fingerprint density at radius 3 is 2.56 bits per heavy atom. The van der Waals surface area contributed by atoms with Crippen LogP contribution in [0.1, 0.15) is 44.1 Å². The first-order valence-corrected chi connectivity index (χ1v) is 10.3. The SMILES string of the molecule is Cc1ccc(SC2(CNC(=O)C(N)C3CCOCC3)CCCC2)cc1. The van der Waals surface area contributed by atoms with E-state index < -0.39 is 6.04 Å². The normalized spacial score (nSPS) is 21.8. The van der Waals surface area contributed by atoms with Crippen molar-refractivity contribution in [2.45, 2.75) is 61.1 Å². The Kier molecular flexibility index (Phi) is 6.42. The van der Waals surface area contributed by atoms with Gasteiger partial charge in [0.25, 0.3) is 0 Å². The Labute approximate surface area is 155 Å². The fraction of sp³-hybridized carbons (Fsp3) is 0.650. The van der Waals surface area contributed by atoms with Crippen molar-refractivity contribution in [1.82, 2.24) is 5.32 Å². The monoisotopic (exact) mass is 362 g/mol. The molecular weight excluding hydrogens is 332 g/mol. The zero-order valence-corrected chi connectivity index (χ0v) is 15.9. The summed E-state index contributed by atoms with van der Waals surface area (Å²) in [6, 6.07) is 8.28. The van der Waals surface area contributed by atoms with Crippen LogP contribution in [-0.2, 0) is 9.53 Å². The van der Waals surface area contributed by atoms with Crippen molar-refractivity contribution in [3.63, 3.8) is 0 Å². The minimum Gasteiger partial charge on any atom is -0.381 e. The lowest BCUT2D eigenvalue weighted by Gasteiger charge is -2.31. The van der Waals surface area contributed by atoms with E-state index in [2.05, 4.69) is 36.5 Å². The van der Waals surface area contributed by atoms with E-state index >= 15 is 0 Å². The molecule has 3 N–H and O–H groups in total. The molecule has 0 spiro atoms.